The van der Waals surface area contributed by atoms with E-state index < -0.39 is 0 Å². The molecule has 1 amide bonds. The van der Waals surface area contributed by atoms with E-state index in [4.69, 9.17) is 4.74 Å². The number of rotatable bonds is 5. The third kappa shape index (κ3) is 5.17. The Morgan fingerprint density at radius 2 is 1.96 bits per heavy atom. The van der Waals surface area contributed by atoms with E-state index in [0.29, 0.717) is 18.8 Å². The van der Waals surface area contributed by atoms with Crippen LogP contribution in [0.4, 0.5) is 10.8 Å². The van der Waals surface area contributed by atoms with Crippen LogP contribution >= 0.6 is 23.1 Å². The summed E-state index contributed by atoms with van der Waals surface area (Å²) in [5.74, 6) is 0.494. The first-order valence-corrected chi connectivity index (χ1v) is 10.0. The van der Waals surface area contributed by atoms with E-state index in [1.54, 1.807) is 0 Å². The molecule has 1 aliphatic rings. The molecule has 1 aromatic heterocycles. The normalized spacial score (nSPS) is 20.5. The molecule has 0 spiro atoms. The van der Waals surface area contributed by atoms with Crippen molar-refractivity contribution in [1.29, 1.82) is 0 Å². The van der Waals surface area contributed by atoms with E-state index in [0.717, 1.165) is 15.2 Å². The van der Waals surface area contributed by atoms with E-state index in [9.17, 15) is 4.79 Å². The van der Waals surface area contributed by atoms with Crippen LogP contribution in [0.2, 0.25) is 0 Å². The first-order valence-electron chi connectivity index (χ1n) is 8.23. The number of amides is 1. The second-order valence-electron chi connectivity index (χ2n) is 6.21. The molecule has 2 aromatic rings. The van der Waals surface area contributed by atoms with Gasteiger partial charge < -0.3 is 15.0 Å². The Kier molecular flexibility index (Phi) is 5.93. The number of carbonyl (C=O) groups excluding carboxylic acids is 1. The Labute approximate surface area is 156 Å². The Morgan fingerprint density at radius 3 is 2.64 bits per heavy atom. The quantitative estimate of drug-likeness (QED) is 0.805. The fourth-order valence-corrected chi connectivity index (χ4v) is 4.35. The third-order valence-corrected chi connectivity index (χ3v) is 5.76. The van der Waals surface area contributed by atoms with E-state index >= 15 is 0 Å². The number of hydrogen-bond acceptors (Lipinski definition) is 7. The average Bonchev–Trinajstić information content (AvgIpc) is 3.01. The van der Waals surface area contributed by atoms with Crippen LogP contribution in [0.15, 0.2) is 28.6 Å². The number of nitrogens with zero attached hydrogens (tertiary/aromatic N) is 3. The molecule has 1 N–H and O–H groups in total. The first-order chi connectivity index (χ1) is 12.0. The minimum absolute atomic E-state index is 0.0875. The van der Waals surface area contributed by atoms with Crippen LogP contribution in [0.25, 0.3) is 0 Å². The molecular weight excluding hydrogens is 356 g/mol. The van der Waals surface area contributed by atoms with Gasteiger partial charge in [-0.05, 0) is 32.9 Å². The molecule has 3 rings (SSSR count). The summed E-state index contributed by atoms with van der Waals surface area (Å²) >= 11 is 2.89. The van der Waals surface area contributed by atoms with Gasteiger partial charge in [0, 0.05) is 18.8 Å². The number of benzene rings is 1. The summed E-state index contributed by atoms with van der Waals surface area (Å²) in [4.78, 5) is 14.3. The van der Waals surface area contributed by atoms with Gasteiger partial charge in [0.25, 0.3) is 0 Å². The number of aromatic nitrogens is 2. The molecule has 0 bridgehead atoms. The van der Waals surface area contributed by atoms with Crippen molar-refractivity contribution in [3.63, 3.8) is 0 Å². The van der Waals surface area contributed by atoms with Crippen molar-refractivity contribution in [2.24, 2.45) is 0 Å². The Morgan fingerprint density at radius 1 is 1.28 bits per heavy atom. The number of ether oxygens (including phenoxy) is 1. The molecule has 134 valence electrons. The second-order valence-corrected chi connectivity index (χ2v) is 8.41. The summed E-state index contributed by atoms with van der Waals surface area (Å²) in [7, 11) is 0. The van der Waals surface area contributed by atoms with Crippen molar-refractivity contribution in [2.75, 3.05) is 24.2 Å². The molecule has 8 heteroatoms. The molecular formula is C17H22N4O2S2. The minimum atomic E-state index is 0.0875. The zero-order valence-electron chi connectivity index (χ0n) is 14.6. The molecule has 0 saturated carbocycles. The fraction of sp³-hybridized carbons (Fsp3) is 0.471. The van der Waals surface area contributed by atoms with Gasteiger partial charge in [-0.25, -0.2) is 0 Å². The van der Waals surface area contributed by atoms with Crippen LogP contribution < -0.4 is 5.32 Å². The van der Waals surface area contributed by atoms with E-state index in [1.807, 2.05) is 43.0 Å². The van der Waals surface area contributed by atoms with Gasteiger partial charge in [0.2, 0.25) is 11.0 Å². The summed E-state index contributed by atoms with van der Waals surface area (Å²) in [5.41, 5.74) is 2.19. The van der Waals surface area contributed by atoms with E-state index in [1.165, 1.54) is 28.7 Å². The van der Waals surface area contributed by atoms with Crippen molar-refractivity contribution in [1.82, 2.24) is 15.1 Å². The highest BCUT2D eigenvalue weighted by atomic mass is 32.2. The molecule has 1 aromatic carbocycles. The number of hydrogen-bond donors (Lipinski definition) is 1. The maximum Gasteiger partial charge on any atom is 0.233 e. The summed E-state index contributed by atoms with van der Waals surface area (Å²) in [6, 6.07) is 8.10. The maximum atomic E-state index is 12.4. The number of carbonyl (C=O) groups is 1. The first kappa shape index (κ1) is 18.2. The standard InChI is InChI=1S/C17H22N4O2S2/c1-11-4-6-14(7-5-11)18-16-19-20-17(25-16)24-10-15(22)21-8-12(2)23-13(3)9-21/h4-7,12-13H,8-10H2,1-3H3,(H,18,19)/t12-,13+. The summed E-state index contributed by atoms with van der Waals surface area (Å²) in [5, 5.41) is 12.3. The van der Waals surface area contributed by atoms with Crippen LogP contribution in [0, 0.1) is 6.92 Å². The van der Waals surface area contributed by atoms with Crippen molar-refractivity contribution < 1.29 is 9.53 Å². The SMILES string of the molecule is Cc1ccc(Nc2nnc(SCC(=O)N3C[C@@H](C)O[C@@H](C)C3)s2)cc1. The highest BCUT2D eigenvalue weighted by Crippen LogP contribution is 2.28. The summed E-state index contributed by atoms with van der Waals surface area (Å²) in [6.45, 7) is 7.35. The second kappa shape index (κ2) is 8.16. The third-order valence-electron chi connectivity index (χ3n) is 3.80. The lowest BCUT2D eigenvalue weighted by atomic mass is 10.2. The lowest BCUT2D eigenvalue weighted by Gasteiger charge is -2.35. The lowest BCUT2D eigenvalue weighted by Crippen LogP contribution is -2.48. The topological polar surface area (TPSA) is 67.4 Å². The monoisotopic (exact) mass is 378 g/mol. The van der Waals surface area contributed by atoms with Gasteiger partial charge in [-0.2, -0.15) is 0 Å². The molecule has 25 heavy (non-hydrogen) atoms. The van der Waals surface area contributed by atoms with Crippen molar-refractivity contribution in [2.45, 2.75) is 37.3 Å². The predicted octanol–water partition coefficient (Wildman–Crippen LogP) is 3.32. The van der Waals surface area contributed by atoms with Gasteiger partial charge in [-0.15, -0.1) is 10.2 Å². The van der Waals surface area contributed by atoms with Crippen LogP contribution in [0.1, 0.15) is 19.4 Å². The predicted molar refractivity (Wildman–Crippen MR) is 102 cm³/mol. The van der Waals surface area contributed by atoms with Gasteiger partial charge in [0.05, 0.1) is 18.0 Å². The fourth-order valence-electron chi connectivity index (χ4n) is 2.68. The van der Waals surface area contributed by atoms with Gasteiger partial charge in [0.15, 0.2) is 4.34 Å². The number of aryl methyl sites for hydroxylation is 1. The Balaban J connectivity index is 1.51. The zero-order valence-corrected chi connectivity index (χ0v) is 16.2. The van der Waals surface area contributed by atoms with Gasteiger partial charge >= 0.3 is 0 Å². The van der Waals surface area contributed by atoms with Crippen LogP contribution in [-0.2, 0) is 9.53 Å². The maximum absolute atomic E-state index is 12.4. The van der Waals surface area contributed by atoms with Crippen molar-refractivity contribution >= 4 is 39.8 Å². The van der Waals surface area contributed by atoms with Crippen molar-refractivity contribution in [3.8, 4) is 0 Å². The molecule has 1 saturated heterocycles. The van der Waals surface area contributed by atoms with Gasteiger partial charge in [-0.3, -0.25) is 4.79 Å². The summed E-state index contributed by atoms with van der Waals surface area (Å²) in [6.07, 6.45) is 0.175. The van der Waals surface area contributed by atoms with Gasteiger partial charge in [0.1, 0.15) is 0 Å². The summed E-state index contributed by atoms with van der Waals surface area (Å²) < 4.78 is 6.46. The minimum Gasteiger partial charge on any atom is -0.372 e. The van der Waals surface area contributed by atoms with E-state index in [2.05, 4.69) is 22.4 Å². The van der Waals surface area contributed by atoms with Crippen molar-refractivity contribution in [3.05, 3.63) is 29.8 Å². The van der Waals surface area contributed by atoms with Crippen LogP contribution in [0.3, 0.4) is 0 Å². The number of morpholine rings is 1. The molecule has 0 radical (unpaired) electrons. The van der Waals surface area contributed by atoms with E-state index in [-0.39, 0.29) is 18.1 Å². The molecule has 0 unspecified atom stereocenters. The smallest absolute Gasteiger partial charge is 0.233 e. The molecule has 1 aliphatic heterocycles. The molecule has 0 aliphatic carbocycles. The Hall–Kier alpha value is -1.64. The Bertz CT molecular complexity index is 710. The zero-order chi connectivity index (χ0) is 17.8. The molecule has 2 heterocycles. The highest BCUT2D eigenvalue weighted by molar-refractivity contribution is 8.01. The number of thioether (sulfide) groups is 1. The molecule has 1 fully saturated rings. The lowest BCUT2D eigenvalue weighted by molar-refractivity contribution is -0.140. The van der Waals surface area contributed by atoms with Crippen LogP contribution in [0.5, 0.6) is 0 Å². The highest BCUT2D eigenvalue weighted by Gasteiger charge is 2.25. The average molecular weight is 379 g/mol. The van der Waals surface area contributed by atoms with Gasteiger partial charge in [-0.1, -0.05) is 40.8 Å². The number of nitrogens with one attached hydrogen (secondary N) is 1. The molecule has 6 nitrogen and oxygen atoms in total. The molecule has 2 atom stereocenters. The van der Waals surface area contributed by atoms with Crippen LogP contribution in [-0.4, -0.2) is 52.1 Å². The largest absolute Gasteiger partial charge is 0.372 e. The number of anilines is 2.